The van der Waals surface area contributed by atoms with Gasteiger partial charge in [-0.3, -0.25) is 0 Å². The molecule has 0 bridgehead atoms. The van der Waals surface area contributed by atoms with Crippen LogP contribution >= 0.6 is 0 Å². The molecular formula is C9H18N2. The molecule has 0 aromatic heterocycles. The van der Waals surface area contributed by atoms with Crippen LogP contribution in [0.25, 0.3) is 0 Å². The van der Waals surface area contributed by atoms with Crippen LogP contribution in [0.2, 0.25) is 0 Å². The van der Waals surface area contributed by atoms with Gasteiger partial charge in [0.25, 0.3) is 0 Å². The molecule has 2 saturated heterocycles. The van der Waals surface area contributed by atoms with E-state index in [-0.39, 0.29) is 0 Å². The Bertz CT molecular complexity index is 132. The highest BCUT2D eigenvalue weighted by Gasteiger charge is 2.37. The maximum atomic E-state index is 3.55. The van der Waals surface area contributed by atoms with Gasteiger partial charge in [-0.15, -0.1) is 0 Å². The summed E-state index contributed by atoms with van der Waals surface area (Å²) in [5.41, 5.74) is 0.552. The van der Waals surface area contributed by atoms with Gasteiger partial charge in [-0.1, -0.05) is 6.92 Å². The Morgan fingerprint density at radius 1 is 1.09 bits per heavy atom. The molecule has 0 atom stereocenters. The van der Waals surface area contributed by atoms with E-state index in [2.05, 4.69) is 17.6 Å². The lowest BCUT2D eigenvalue weighted by molar-refractivity contribution is 0.0880. The van der Waals surface area contributed by atoms with Crippen LogP contribution in [0.4, 0.5) is 0 Å². The van der Waals surface area contributed by atoms with Crippen molar-refractivity contribution in [3.63, 3.8) is 0 Å². The minimum absolute atomic E-state index is 0.552. The Labute approximate surface area is 68.7 Å². The normalized spacial score (nSPS) is 45.0. The van der Waals surface area contributed by atoms with Crippen molar-refractivity contribution in [3.8, 4) is 0 Å². The molecule has 0 aromatic carbocycles. The molecule has 0 spiro atoms. The summed E-state index contributed by atoms with van der Waals surface area (Å²) in [5.74, 6) is 0. The van der Waals surface area contributed by atoms with E-state index in [1.54, 1.807) is 0 Å². The van der Waals surface area contributed by atoms with Crippen molar-refractivity contribution in [1.82, 2.24) is 10.6 Å². The second-order valence-corrected chi connectivity index (χ2v) is 4.20. The predicted octanol–water partition coefficient (Wildman–Crippen LogP) is 1.09. The van der Waals surface area contributed by atoms with Gasteiger partial charge >= 0.3 is 0 Å². The van der Waals surface area contributed by atoms with Crippen LogP contribution in [0.5, 0.6) is 0 Å². The molecule has 2 fully saturated rings. The van der Waals surface area contributed by atoms with Crippen LogP contribution in [0, 0.1) is 5.41 Å². The highest BCUT2D eigenvalue weighted by Crippen LogP contribution is 2.36. The van der Waals surface area contributed by atoms with Gasteiger partial charge in [0.1, 0.15) is 0 Å². The summed E-state index contributed by atoms with van der Waals surface area (Å²) in [7, 11) is 0. The monoisotopic (exact) mass is 154 g/mol. The average molecular weight is 154 g/mol. The van der Waals surface area contributed by atoms with Gasteiger partial charge in [0.05, 0.1) is 6.17 Å². The van der Waals surface area contributed by atoms with Crippen LogP contribution < -0.4 is 10.6 Å². The molecule has 2 heteroatoms. The van der Waals surface area contributed by atoms with Gasteiger partial charge in [-0.25, -0.2) is 0 Å². The quantitative estimate of drug-likeness (QED) is 0.545. The Balaban J connectivity index is 2.06. The number of rotatable bonds is 0. The smallest absolute Gasteiger partial charge is 0.0627 e. The summed E-state index contributed by atoms with van der Waals surface area (Å²) in [6.07, 6.45) is 6.11. The second-order valence-electron chi connectivity index (χ2n) is 4.20. The summed E-state index contributed by atoms with van der Waals surface area (Å²) < 4.78 is 0. The van der Waals surface area contributed by atoms with Gasteiger partial charge in [0, 0.05) is 0 Å². The third-order valence-electron chi connectivity index (χ3n) is 3.24. The zero-order valence-electron chi connectivity index (χ0n) is 7.32. The van der Waals surface area contributed by atoms with Crippen molar-refractivity contribution in [3.05, 3.63) is 0 Å². The van der Waals surface area contributed by atoms with E-state index in [0.717, 1.165) is 0 Å². The fourth-order valence-corrected chi connectivity index (χ4v) is 2.46. The number of hydrogen-bond acceptors (Lipinski definition) is 2. The van der Waals surface area contributed by atoms with E-state index >= 15 is 0 Å². The first-order valence-electron chi connectivity index (χ1n) is 4.78. The molecular weight excluding hydrogens is 136 g/mol. The number of piperidine rings is 2. The second kappa shape index (κ2) is 2.76. The van der Waals surface area contributed by atoms with Gasteiger partial charge in [-0.2, -0.15) is 0 Å². The molecule has 2 aliphatic rings. The average Bonchev–Trinajstić information content (AvgIpc) is 2.03. The Kier molecular flexibility index (Phi) is 1.90. The van der Waals surface area contributed by atoms with E-state index in [0.29, 0.717) is 11.6 Å². The standard InChI is InChI=1S/C9H18N2/c1-9-4-2-6-10-8(9)11-7-3-5-9/h8,10-11H,2-7H2,1H3. The molecule has 2 N–H and O–H groups in total. The highest BCUT2D eigenvalue weighted by molar-refractivity contribution is 4.92. The lowest BCUT2D eigenvalue weighted by atomic mass is 9.74. The van der Waals surface area contributed by atoms with E-state index < -0.39 is 0 Å². The van der Waals surface area contributed by atoms with Crippen molar-refractivity contribution in [2.24, 2.45) is 5.41 Å². The maximum absolute atomic E-state index is 3.55. The largest absolute Gasteiger partial charge is 0.301 e. The highest BCUT2D eigenvalue weighted by atomic mass is 15.2. The van der Waals surface area contributed by atoms with Gasteiger partial charge in [0.2, 0.25) is 0 Å². The Morgan fingerprint density at radius 2 is 1.64 bits per heavy atom. The molecule has 0 aromatic rings. The third kappa shape index (κ3) is 1.30. The molecule has 2 aliphatic heterocycles. The van der Waals surface area contributed by atoms with Crippen LogP contribution in [-0.4, -0.2) is 19.3 Å². The SMILES string of the molecule is CC12CCCNC1NCCC2. The number of nitrogens with one attached hydrogen (secondary N) is 2. The molecule has 0 aliphatic carbocycles. The molecule has 2 nitrogen and oxygen atoms in total. The minimum Gasteiger partial charge on any atom is -0.301 e. The van der Waals surface area contributed by atoms with Crippen LogP contribution in [0.15, 0.2) is 0 Å². The first-order chi connectivity index (χ1) is 5.31. The van der Waals surface area contributed by atoms with Gasteiger partial charge < -0.3 is 10.6 Å². The number of fused-ring (bicyclic) bond motifs is 1. The summed E-state index contributed by atoms with van der Waals surface area (Å²) in [6, 6.07) is 0. The molecule has 0 amide bonds. The fourth-order valence-electron chi connectivity index (χ4n) is 2.46. The van der Waals surface area contributed by atoms with Gasteiger partial charge in [-0.05, 0) is 44.2 Å². The Hall–Kier alpha value is -0.0800. The van der Waals surface area contributed by atoms with Crippen molar-refractivity contribution >= 4 is 0 Å². The lowest BCUT2D eigenvalue weighted by Crippen LogP contribution is -2.59. The molecule has 2 heterocycles. The van der Waals surface area contributed by atoms with Crippen molar-refractivity contribution in [2.45, 2.75) is 38.8 Å². The van der Waals surface area contributed by atoms with Crippen molar-refractivity contribution in [2.75, 3.05) is 13.1 Å². The van der Waals surface area contributed by atoms with Gasteiger partial charge in [0.15, 0.2) is 0 Å². The molecule has 2 rings (SSSR count). The summed E-state index contributed by atoms with van der Waals surface area (Å²) in [5, 5.41) is 7.10. The lowest BCUT2D eigenvalue weighted by Gasteiger charge is -2.46. The molecule has 0 saturated carbocycles. The Morgan fingerprint density at radius 3 is 2.09 bits per heavy atom. The van der Waals surface area contributed by atoms with Crippen LogP contribution in [-0.2, 0) is 0 Å². The molecule has 0 radical (unpaired) electrons. The third-order valence-corrected chi connectivity index (χ3v) is 3.24. The molecule has 0 unspecified atom stereocenters. The van der Waals surface area contributed by atoms with Crippen molar-refractivity contribution in [1.29, 1.82) is 0 Å². The first kappa shape index (κ1) is 7.56. The first-order valence-corrected chi connectivity index (χ1v) is 4.78. The predicted molar refractivity (Wildman–Crippen MR) is 46.4 cm³/mol. The summed E-state index contributed by atoms with van der Waals surface area (Å²) >= 11 is 0. The van der Waals surface area contributed by atoms with E-state index in [1.165, 1.54) is 38.8 Å². The van der Waals surface area contributed by atoms with Crippen LogP contribution in [0.3, 0.4) is 0 Å². The van der Waals surface area contributed by atoms with Crippen LogP contribution in [0.1, 0.15) is 32.6 Å². The zero-order valence-corrected chi connectivity index (χ0v) is 7.32. The fraction of sp³-hybridized carbons (Fsp3) is 1.00. The van der Waals surface area contributed by atoms with E-state index in [9.17, 15) is 0 Å². The molecule has 11 heavy (non-hydrogen) atoms. The van der Waals surface area contributed by atoms with Crippen molar-refractivity contribution < 1.29 is 0 Å². The molecule has 64 valence electrons. The topological polar surface area (TPSA) is 24.1 Å². The number of hydrogen-bond donors (Lipinski definition) is 2. The maximum Gasteiger partial charge on any atom is 0.0627 e. The van der Waals surface area contributed by atoms with E-state index in [1.807, 2.05) is 0 Å². The summed E-state index contributed by atoms with van der Waals surface area (Å²) in [4.78, 5) is 0. The zero-order chi connectivity index (χ0) is 7.73. The summed E-state index contributed by atoms with van der Waals surface area (Å²) in [6.45, 7) is 4.82. The van der Waals surface area contributed by atoms with E-state index in [4.69, 9.17) is 0 Å². The minimum atomic E-state index is 0.552.